The molecule has 0 unspecified atom stereocenters. The van der Waals surface area contributed by atoms with E-state index in [9.17, 15) is 4.79 Å². The number of aliphatic hydroxyl groups excluding tert-OH is 1. The molecular formula is C18H23NO2. The van der Waals surface area contributed by atoms with E-state index in [0.717, 1.165) is 18.9 Å². The largest absolute Gasteiger partial charge is 0.384 e. The Kier molecular flexibility index (Phi) is 6.30. The van der Waals surface area contributed by atoms with Gasteiger partial charge in [0.15, 0.2) is 0 Å². The molecule has 1 fully saturated rings. The number of aliphatic hydroxyl groups is 1. The van der Waals surface area contributed by atoms with E-state index in [-0.39, 0.29) is 12.5 Å². The molecule has 0 bridgehead atoms. The minimum atomic E-state index is -0.197. The smallest absolute Gasteiger partial charge is 0.252 e. The summed E-state index contributed by atoms with van der Waals surface area (Å²) in [5.41, 5.74) is 1.25. The van der Waals surface area contributed by atoms with Crippen LogP contribution < -0.4 is 5.32 Å². The molecule has 2 rings (SSSR count). The molecule has 1 saturated carbocycles. The van der Waals surface area contributed by atoms with E-state index in [2.05, 4.69) is 17.2 Å². The van der Waals surface area contributed by atoms with Crippen LogP contribution in [0.2, 0.25) is 0 Å². The maximum atomic E-state index is 12.2. The van der Waals surface area contributed by atoms with Gasteiger partial charge in [-0.15, -0.1) is 0 Å². The monoisotopic (exact) mass is 285 g/mol. The average Bonchev–Trinajstić information content (AvgIpc) is 2.54. The summed E-state index contributed by atoms with van der Waals surface area (Å²) in [6, 6.07) is 7.26. The second kappa shape index (κ2) is 8.49. The summed E-state index contributed by atoms with van der Waals surface area (Å²) < 4.78 is 0. The number of benzene rings is 1. The number of hydrogen-bond acceptors (Lipinski definition) is 2. The second-order valence-corrected chi connectivity index (χ2v) is 5.55. The van der Waals surface area contributed by atoms with E-state index < -0.39 is 0 Å². The van der Waals surface area contributed by atoms with Gasteiger partial charge in [0.25, 0.3) is 5.91 Å². The quantitative estimate of drug-likeness (QED) is 0.836. The molecule has 1 aromatic rings. The Balaban J connectivity index is 1.88. The summed E-state index contributed by atoms with van der Waals surface area (Å²) in [6.45, 7) is 0.531. The minimum Gasteiger partial charge on any atom is -0.384 e. The van der Waals surface area contributed by atoms with Crippen LogP contribution in [0, 0.1) is 17.8 Å². The number of carbonyl (C=O) groups excluding carboxylic acids is 1. The fourth-order valence-electron chi connectivity index (χ4n) is 2.89. The first-order valence-electron chi connectivity index (χ1n) is 7.78. The van der Waals surface area contributed by atoms with Gasteiger partial charge >= 0.3 is 0 Å². The maximum Gasteiger partial charge on any atom is 0.252 e. The van der Waals surface area contributed by atoms with Crippen LogP contribution in [0.1, 0.15) is 54.4 Å². The number of amides is 1. The molecule has 1 aliphatic rings. The molecular weight excluding hydrogens is 262 g/mol. The van der Waals surface area contributed by atoms with Gasteiger partial charge in [-0.3, -0.25) is 4.79 Å². The molecule has 0 heterocycles. The summed E-state index contributed by atoms with van der Waals surface area (Å²) in [7, 11) is 0. The van der Waals surface area contributed by atoms with Crippen LogP contribution in [0.3, 0.4) is 0 Å². The Labute approximate surface area is 126 Å². The molecule has 1 aliphatic carbocycles. The van der Waals surface area contributed by atoms with Gasteiger partial charge in [0.1, 0.15) is 6.61 Å². The lowest BCUT2D eigenvalue weighted by Crippen LogP contribution is -2.27. The van der Waals surface area contributed by atoms with Gasteiger partial charge in [0.05, 0.1) is 5.56 Å². The van der Waals surface area contributed by atoms with Gasteiger partial charge in [-0.25, -0.2) is 0 Å². The first-order valence-corrected chi connectivity index (χ1v) is 7.78. The Hall–Kier alpha value is -1.79. The molecule has 21 heavy (non-hydrogen) atoms. The molecule has 3 nitrogen and oxygen atoms in total. The van der Waals surface area contributed by atoms with Gasteiger partial charge in [-0.2, -0.15) is 0 Å². The predicted octanol–water partition coefficient (Wildman–Crippen LogP) is 2.73. The fourth-order valence-corrected chi connectivity index (χ4v) is 2.89. The van der Waals surface area contributed by atoms with Crippen LogP contribution in [0.15, 0.2) is 24.3 Å². The topological polar surface area (TPSA) is 49.3 Å². The third kappa shape index (κ3) is 4.91. The zero-order chi connectivity index (χ0) is 14.9. The first-order chi connectivity index (χ1) is 10.3. The molecule has 0 atom stereocenters. The lowest BCUT2D eigenvalue weighted by molar-refractivity contribution is 0.0950. The molecule has 0 saturated heterocycles. The highest BCUT2D eigenvalue weighted by atomic mass is 16.2. The van der Waals surface area contributed by atoms with Crippen LogP contribution in [0.5, 0.6) is 0 Å². The van der Waals surface area contributed by atoms with Crippen molar-refractivity contribution in [3.05, 3.63) is 35.4 Å². The predicted molar refractivity (Wildman–Crippen MR) is 83.9 cm³/mol. The zero-order valence-electron chi connectivity index (χ0n) is 12.4. The highest BCUT2D eigenvalue weighted by molar-refractivity contribution is 5.96. The van der Waals surface area contributed by atoms with Crippen molar-refractivity contribution < 1.29 is 9.90 Å². The van der Waals surface area contributed by atoms with Crippen molar-refractivity contribution in [1.82, 2.24) is 5.32 Å². The average molecular weight is 285 g/mol. The highest BCUT2D eigenvalue weighted by Crippen LogP contribution is 2.25. The van der Waals surface area contributed by atoms with Crippen molar-refractivity contribution in [2.45, 2.75) is 38.5 Å². The Morgan fingerprint density at radius 2 is 2.00 bits per heavy atom. The fraction of sp³-hybridized carbons (Fsp3) is 0.500. The number of hydrogen-bond donors (Lipinski definition) is 2. The van der Waals surface area contributed by atoms with Crippen LogP contribution >= 0.6 is 0 Å². The number of rotatable bonds is 4. The molecule has 3 heteroatoms. The van der Waals surface area contributed by atoms with Crippen molar-refractivity contribution in [3.63, 3.8) is 0 Å². The van der Waals surface area contributed by atoms with Crippen molar-refractivity contribution in [2.24, 2.45) is 5.92 Å². The summed E-state index contributed by atoms with van der Waals surface area (Å²) in [5, 5.41) is 11.8. The molecule has 0 spiro atoms. The van der Waals surface area contributed by atoms with E-state index in [1.54, 1.807) is 12.1 Å². The van der Waals surface area contributed by atoms with Crippen LogP contribution in [0.4, 0.5) is 0 Å². The number of carbonyl (C=O) groups is 1. The summed E-state index contributed by atoms with van der Waals surface area (Å²) in [4.78, 5) is 12.2. The first kappa shape index (κ1) is 15.6. The Morgan fingerprint density at radius 3 is 2.76 bits per heavy atom. The summed E-state index contributed by atoms with van der Waals surface area (Å²) in [5.74, 6) is 6.11. The van der Waals surface area contributed by atoms with Gasteiger partial charge in [0.2, 0.25) is 0 Å². The zero-order valence-corrected chi connectivity index (χ0v) is 12.4. The van der Waals surface area contributed by atoms with Gasteiger partial charge in [-0.1, -0.05) is 56.1 Å². The molecule has 1 amide bonds. The van der Waals surface area contributed by atoms with Gasteiger partial charge in [0, 0.05) is 12.1 Å². The van der Waals surface area contributed by atoms with Gasteiger partial charge < -0.3 is 10.4 Å². The van der Waals surface area contributed by atoms with E-state index >= 15 is 0 Å². The van der Waals surface area contributed by atoms with Crippen molar-refractivity contribution in [2.75, 3.05) is 13.2 Å². The van der Waals surface area contributed by atoms with E-state index in [1.165, 1.54) is 32.1 Å². The normalized spacial score (nSPS) is 15.1. The number of nitrogens with one attached hydrogen (secondary N) is 1. The lowest BCUT2D eigenvalue weighted by Gasteiger charge is -2.21. The maximum absolute atomic E-state index is 12.2. The molecule has 0 aromatic heterocycles. The molecule has 2 N–H and O–H groups in total. The third-order valence-electron chi connectivity index (χ3n) is 4.04. The SMILES string of the molecule is O=C(NCCC1CCCCC1)c1ccccc1C#CCO. The molecule has 1 aromatic carbocycles. The Bertz CT molecular complexity index is 522. The van der Waals surface area contributed by atoms with Crippen LogP contribution in [-0.2, 0) is 0 Å². The minimum absolute atomic E-state index is 0.0753. The highest BCUT2D eigenvalue weighted by Gasteiger charge is 2.14. The Morgan fingerprint density at radius 1 is 1.24 bits per heavy atom. The summed E-state index contributed by atoms with van der Waals surface area (Å²) >= 11 is 0. The van der Waals surface area contributed by atoms with E-state index in [1.807, 2.05) is 12.1 Å². The standard InChI is InChI=1S/C18H23NO2/c20-14-6-10-16-9-4-5-11-17(16)18(21)19-13-12-15-7-2-1-3-8-15/h4-5,9,11,15,20H,1-3,7-8,12-14H2,(H,19,21). The van der Waals surface area contributed by atoms with Gasteiger partial charge in [-0.05, 0) is 24.5 Å². The molecule has 0 radical (unpaired) electrons. The van der Waals surface area contributed by atoms with Crippen molar-refractivity contribution in [3.8, 4) is 11.8 Å². The second-order valence-electron chi connectivity index (χ2n) is 5.55. The van der Waals surface area contributed by atoms with Crippen molar-refractivity contribution >= 4 is 5.91 Å². The molecule has 112 valence electrons. The van der Waals surface area contributed by atoms with Crippen molar-refractivity contribution in [1.29, 1.82) is 0 Å². The van der Waals surface area contributed by atoms with Crippen LogP contribution in [-0.4, -0.2) is 24.2 Å². The third-order valence-corrected chi connectivity index (χ3v) is 4.04. The van der Waals surface area contributed by atoms with Crippen LogP contribution in [0.25, 0.3) is 0 Å². The lowest BCUT2D eigenvalue weighted by atomic mass is 9.87. The van der Waals surface area contributed by atoms with E-state index in [4.69, 9.17) is 5.11 Å². The molecule has 0 aliphatic heterocycles. The van der Waals surface area contributed by atoms with E-state index in [0.29, 0.717) is 11.1 Å². The summed E-state index contributed by atoms with van der Waals surface area (Å²) in [6.07, 6.45) is 7.69.